The Bertz CT molecular complexity index is 584. The minimum Gasteiger partial charge on any atom is -0.484 e. The highest BCUT2D eigenvalue weighted by Gasteiger charge is 2.32. The topological polar surface area (TPSA) is 55.4 Å². The first kappa shape index (κ1) is 19.5. The lowest BCUT2D eigenvalue weighted by molar-refractivity contribution is -0.124. The van der Waals surface area contributed by atoms with Gasteiger partial charge in [0.2, 0.25) is 0 Å². The van der Waals surface area contributed by atoms with E-state index in [1.807, 2.05) is 0 Å². The molecule has 138 valence electrons. The minimum absolute atomic E-state index is 0.0137. The molecule has 0 saturated heterocycles. The van der Waals surface area contributed by atoms with E-state index in [9.17, 15) is 9.59 Å². The average Bonchev–Trinajstić information content (AvgIpc) is 2.61. The van der Waals surface area contributed by atoms with Crippen molar-refractivity contribution >= 4 is 11.7 Å². The number of Topliss-reactive ketones (excluding diaryl/α,β-unsaturated/α-hetero) is 1. The van der Waals surface area contributed by atoms with Crippen LogP contribution in [0.25, 0.3) is 0 Å². The van der Waals surface area contributed by atoms with E-state index in [1.54, 1.807) is 24.3 Å². The summed E-state index contributed by atoms with van der Waals surface area (Å²) in [7, 11) is 0. The molecule has 1 aromatic rings. The van der Waals surface area contributed by atoms with Crippen LogP contribution in [-0.4, -0.2) is 24.3 Å². The zero-order valence-corrected chi connectivity index (χ0v) is 15.9. The molecule has 1 aliphatic rings. The van der Waals surface area contributed by atoms with E-state index in [2.05, 4.69) is 26.1 Å². The number of ether oxygens (including phenoxy) is 1. The number of ketones is 1. The van der Waals surface area contributed by atoms with Gasteiger partial charge in [-0.05, 0) is 68.2 Å². The molecule has 1 aromatic carbocycles. The maximum Gasteiger partial charge on any atom is 0.258 e. The summed E-state index contributed by atoms with van der Waals surface area (Å²) in [5, 5.41) is 3.09. The predicted molar refractivity (Wildman–Crippen MR) is 99.9 cm³/mol. The molecule has 1 fully saturated rings. The summed E-state index contributed by atoms with van der Waals surface area (Å²) in [6.07, 6.45) is 5.66. The summed E-state index contributed by atoms with van der Waals surface area (Å²) in [4.78, 5) is 23.3. The standard InChI is InChI=1S/C21H31NO3/c1-5-21(3,4)17-8-10-18(11-9-17)22-20(24)14-25-19-12-6-16(7-13-19)15(2)23/h6-7,12-13,17-18H,5,8-11,14H2,1-4H3,(H,22,24). The van der Waals surface area contributed by atoms with Gasteiger partial charge in [-0.3, -0.25) is 9.59 Å². The van der Waals surface area contributed by atoms with Gasteiger partial charge >= 0.3 is 0 Å². The molecular weight excluding hydrogens is 314 g/mol. The van der Waals surface area contributed by atoms with Gasteiger partial charge in [-0.15, -0.1) is 0 Å². The first-order chi connectivity index (χ1) is 11.8. The number of carbonyl (C=O) groups is 2. The molecule has 4 nitrogen and oxygen atoms in total. The molecule has 4 heteroatoms. The Morgan fingerprint density at radius 1 is 1.12 bits per heavy atom. The molecule has 0 atom stereocenters. The summed E-state index contributed by atoms with van der Waals surface area (Å²) in [6, 6.07) is 7.14. The average molecular weight is 345 g/mol. The predicted octanol–water partition coefficient (Wildman–Crippen LogP) is 4.38. The molecule has 1 aliphatic carbocycles. The molecule has 25 heavy (non-hydrogen) atoms. The van der Waals surface area contributed by atoms with Crippen molar-refractivity contribution in [3.8, 4) is 5.75 Å². The van der Waals surface area contributed by atoms with Crippen molar-refractivity contribution in [3.05, 3.63) is 29.8 Å². The molecule has 1 saturated carbocycles. The largest absolute Gasteiger partial charge is 0.484 e. The minimum atomic E-state index is -0.0751. The SMILES string of the molecule is CCC(C)(C)C1CCC(NC(=O)COc2ccc(C(C)=O)cc2)CC1. The van der Waals surface area contributed by atoms with Crippen LogP contribution >= 0.6 is 0 Å². The van der Waals surface area contributed by atoms with Crippen LogP contribution in [0.3, 0.4) is 0 Å². The molecule has 0 aromatic heterocycles. The Labute approximate surface area is 151 Å². The van der Waals surface area contributed by atoms with Gasteiger partial charge in [0.1, 0.15) is 5.75 Å². The van der Waals surface area contributed by atoms with E-state index in [-0.39, 0.29) is 24.3 Å². The molecular formula is C21H31NO3. The van der Waals surface area contributed by atoms with Crippen LogP contribution < -0.4 is 10.1 Å². The van der Waals surface area contributed by atoms with Crippen molar-refractivity contribution in [1.29, 1.82) is 0 Å². The highest BCUT2D eigenvalue weighted by atomic mass is 16.5. The normalized spacial score (nSPS) is 20.8. The van der Waals surface area contributed by atoms with Gasteiger partial charge in [-0.1, -0.05) is 27.2 Å². The second-order valence-electron chi connectivity index (χ2n) is 7.83. The number of rotatable bonds is 7. The van der Waals surface area contributed by atoms with Crippen LogP contribution in [0.2, 0.25) is 0 Å². The van der Waals surface area contributed by atoms with Gasteiger partial charge in [0.25, 0.3) is 5.91 Å². The van der Waals surface area contributed by atoms with Crippen molar-refractivity contribution in [1.82, 2.24) is 5.32 Å². The van der Waals surface area contributed by atoms with E-state index >= 15 is 0 Å². The van der Waals surface area contributed by atoms with Crippen molar-refractivity contribution < 1.29 is 14.3 Å². The fourth-order valence-corrected chi connectivity index (χ4v) is 3.51. The van der Waals surface area contributed by atoms with Crippen molar-refractivity contribution in [2.45, 2.75) is 65.8 Å². The van der Waals surface area contributed by atoms with Gasteiger partial charge in [0.05, 0.1) is 0 Å². The number of amides is 1. The molecule has 1 N–H and O–H groups in total. The lowest BCUT2D eigenvalue weighted by Crippen LogP contribution is -2.41. The van der Waals surface area contributed by atoms with E-state index < -0.39 is 0 Å². The zero-order chi connectivity index (χ0) is 18.4. The van der Waals surface area contributed by atoms with Crippen LogP contribution in [0, 0.1) is 11.3 Å². The third-order valence-electron chi connectivity index (χ3n) is 5.74. The zero-order valence-electron chi connectivity index (χ0n) is 15.9. The molecule has 0 aliphatic heterocycles. The Balaban J connectivity index is 1.73. The van der Waals surface area contributed by atoms with E-state index in [4.69, 9.17) is 4.74 Å². The quantitative estimate of drug-likeness (QED) is 0.746. The highest BCUT2D eigenvalue weighted by Crippen LogP contribution is 2.40. The van der Waals surface area contributed by atoms with Crippen LogP contribution in [0.15, 0.2) is 24.3 Å². The van der Waals surface area contributed by atoms with E-state index in [0.29, 0.717) is 16.7 Å². The first-order valence-corrected chi connectivity index (χ1v) is 9.35. The van der Waals surface area contributed by atoms with Crippen molar-refractivity contribution in [2.24, 2.45) is 11.3 Å². The van der Waals surface area contributed by atoms with Gasteiger partial charge in [-0.2, -0.15) is 0 Å². The maximum absolute atomic E-state index is 12.1. The Morgan fingerprint density at radius 2 is 1.72 bits per heavy atom. The number of carbonyl (C=O) groups excluding carboxylic acids is 2. The van der Waals surface area contributed by atoms with Gasteiger partial charge in [0, 0.05) is 11.6 Å². The van der Waals surface area contributed by atoms with Crippen LogP contribution in [0.4, 0.5) is 0 Å². The van der Waals surface area contributed by atoms with Crippen LogP contribution in [0.5, 0.6) is 5.75 Å². The van der Waals surface area contributed by atoms with E-state index in [0.717, 1.165) is 18.8 Å². The summed E-state index contributed by atoms with van der Waals surface area (Å²) >= 11 is 0. The summed E-state index contributed by atoms with van der Waals surface area (Å²) in [5.74, 6) is 1.30. The molecule has 0 radical (unpaired) electrons. The lowest BCUT2D eigenvalue weighted by Gasteiger charge is -2.39. The maximum atomic E-state index is 12.1. The van der Waals surface area contributed by atoms with Gasteiger partial charge in [-0.25, -0.2) is 0 Å². The third kappa shape index (κ3) is 5.58. The first-order valence-electron chi connectivity index (χ1n) is 9.35. The third-order valence-corrected chi connectivity index (χ3v) is 5.74. The Hall–Kier alpha value is -1.84. The van der Waals surface area contributed by atoms with Gasteiger partial charge < -0.3 is 10.1 Å². The molecule has 0 heterocycles. The van der Waals surface area contributed by atoms with Crippen molar-refractivity contribution in [2.75, 3.05) is 6.61 Å². The summed E-state index contributed by atoms with van der Waals surface area (Å²) < 4.78 is 5.51. The second kappa shape index (κ2) is 8.50. The fourth-order valence-electron chi connectivity index (χ4n) is 3.51. The molecule has 0 unspecified atom stereocenters. The number of hydrogen-bond donors (Lipinski definition) is 1. The lowest BCUT2D eigenvalue weighted by atomic mass is 9.69. The second-order valence-corrected chi connectivity index (χ2v) is 7.83. The molecule has 0 spiro atoms. The molecule has 2 rings (SSSR count). The Kier molecular flexibility index (Phi) is 6.63. The van der Waals surface area contributed by atoms with Crippen molar-refractivity contribution in [3.63, 3.8) is 0 Å². The monoisotopic (exact) mass is 345 g/mol. The molecule has 1 amide bonds. The smallest absolute Gasteiger partial charge is 0.258 e. The Morgan fingerprint density at radius 3 is 2.24 bits per heavy atom. The number of hydrogen-bond acceptors (Lipinski definition) is 3. The summed E-state index contributed by atoms with van der Waals surface area (Å²) in [5.41, 5.74) is 1.04. The molecule has 0 bridgehead atoms. The summed E-state index contributed by atoms with van der Waals surface area (Å²) in [6.45, 7) is 8.50. The van der Waals surface area contributed by atoms with Crippen LogP contribution in [0.1, 0.15) is 70.2 Å². The fraction of sp³-hybridized carbons (Fsp3) is 0.619. The van der Waals surface area contributed by atoms with Gasteiger partial charge in [0.15, 0.2) is 12.4 Å². The van der Waals surface area contributed by atoms with E-state index in [1.165, 1.54) is 26.2 Å². The highest BCUT2D eigenvalue weighted by molar-refractivity contribution is 5.94. The number of nitrogens with one attached hydrogen (secondary N) is 1. The van der Waals surface area contributed by atoms with Crippen LogP contribution in [-0.2, 0) is 4.79 Å². The number of benzene rings is 1.